The second kappa shape index (κ2) is 5.32. The number of nitrogens with one attached hydrogen (secondary N) is 1. The van der Waals surface area contributed by atoms with E-state index >= 15 is 0 Å². The second-order valence-corrected chi connectivity index (χ2v) is 5.93. The zero-order valence-electron chi connectivity index (χ0n) is 9.38. The van der Waals surface area contributed by atoms with Crippen LogP contribution in [-0.4, -0.2) is 17.3 Å². The van der Waals surface area contributed by atoms with Crippen molar-refractivity contribution in [2.45, 2.75) is 38.6 Å². The number of halogens is 1. The molecule has 16 heavy (non-hydrogen) atoms. The SMILES string of the molecule is CCC(CBr)NC(=O)c1cc2c(s1)CCC2. The van der Waals surface area contributed by atoms with Gasteiger partial charge in [-0.15, -0.1) is 11.3 Å². The minimum atomic E-state index is 0.0886. The van der Waals surface area contributed by atoms with Crippen molar-refractivity contribution in [3.05, 3.63) is 21.4 Å². The topological polar surface area (TPSA) is 29.1 Å². The van der Waals surface area contributed by atoms with E-state index in [4.69, 9.17) is 0 Å². The van der Waals surface area contributed by atoms with Crippen molar-refractivity contribution in [1.82, 2.24) is 5.32 Å². The van der Waals surface area contributed by atoms with Crippen LogP contribution in [0.15, 0.2) is 6.07 Å². The number of alkyl halides is 1. The van der Waals surface area contributed by atoms with Crippen LogP contribution < -0.4 is 5.32 Å². The Morgan fingerprint density at radius 1 is 1.62 bits per heavy atom. The number of fused-ring (bicyclic) bond motifs is 1. The van der Waals surface area contributed by atoms with Gasteiger partial charge in [-0.3, -0.25) is 4.79 Å². The number of hydrogen-bond acceptors (Lipinski definition) is 2. The highest BCUT2D eigenvalue weighted by Crippen LogP contribution is 2.30. The van der Waals surface area contributed by atoms with E-state index in [-0.39, 0.29) is 11.9 Å². The predicted octanol–water partition coefficient (Wildman–Crippen LogP) is 3.14. The monoisotopic (exact) mass is 301 g/mol. The van der Waals surface area contributed by atoms with E-state index in [0.29, 0.717) is 0 Å². The highest BCUT2D eigenvalue weighted by atomic mass is 79.9. The maximum absolute atomic E-state index is 12.0. The molecular formula is C12H16BrNOS. The molecule has 0 fully saturated rings. The average molecular weight is 302 g/mol. The van der Waals surface area contributed by atoms with Crippen molar-refractivity contribution in [2.75, 3.05) is 5.33 Å². The van der Waals surface area contributed by atoms with Crippen LogP contribution in [0.2, 0.25) is 0 Å². The third kappa shape index (κ3) is 2.48. The fourth-order valence-corrected chi connectivity index (χ4v) is 3.72. The van der Waals surface area contributed by atoms with Gasteiger partial charge in [0, 0.05) is 16.2 Å². The van der Waals surface area contributed by atoms with Crippen LogP contribution in [0.3, 0.4) is 0 Å². The molecule has 0 saturated carbocycles. The number of carbonyl (C=O) groups is 1. The van der Waals surface area contributed by atoms with Crippen LogP contribution in [0.1, 0.15) is 39.9 Å². The Labute approximate surface area is 109 Å². The first-order valence-corrected chi connectivity index (χ1v) is 7.66. The van der Waals surface area contributed by atoms with Crippen LogP contribution in [0, 0.1) is 0 Å². The summed E-state index contributed by atoms with van der Waals surface area (Å²) in [4.78, 5) is 14.2. The van der Waals surface area contributed by atoms with Gasteiger partial charge >= 0.3 is 0 Å². The Kier molecular flexibility index (Phi) is 4.03. The van der Waals surface area contributed by atoms with E-state index in [1.54, 1.807) is 11.3 Å². The summed E-state index contributed by atoms with van der Waals surface area (Å²) in [7, 11) is 0. The van der Waals surface area contributed by atoms with E-state index in [1.807, 2.05) is 0 Å². The molecule has 2 nitrogen and oxygen atoms in total. The van der Waals surface area contributed by atoms with Crippen molar-refractivity contribution in [1.29, 1.82) is 0 Å². The Balaban J connectivity index is 2.03. The molecule has 2 rings (SSSR count). The highest BCUT2D eigenvalue weighted by molar-refractivity contribution is 9.09. The van der Waals surface area contributed by atoms with Crippen molar-refractivity contribution < 1.29 is 4.79 Å². The Bertz CT molecular complexity index is 363. The third-order valence-electron chi connectivity index (χ3n) is 2.98. The van der Waals surface area contributed by atoms with Gasteiger partial charge in [0.05, 0.1) is 4.88 Å². The molecule has 1 unspecified atom stereocenters. The molecule has 1 aliphatic rings. The number of rotatable bonds is 4. The fraction of sp³-hybridized carbons (Fsp3) is 0.583. The van der Waals surface area contributed by atoms with Crippen molar-refractivity contribution >= 4 is 33.2 Å². The molecule has 1 N–H and O–H groups in total. The molecule has 1 aliphatic carbocycles. The molecule has 1 amide bonds. The zero-order valence-corrected chi connectivity index (χ0v) is 11.8. The van der Waals surface area contributed by atoms with Crippen LogP contribution in [0.25, 0.3) is 0 Å². The van der Waals surface area contributed by atoms with E-state index in [9.17, 15) is 4.79 Å². The summed E-state index contributed by atoms with van der Waals surface area (Å²) < 4.78 is 0. The number of thiophene rings is 1. The van der Waals surface area contributed by atoms with Gasteiger partial charge in [0.2, 0.25) is 0 Å². The Morgan fingerprint density at radius 2 is 2.44 bits per heavy atom. The standard InChI is InChI=1S/C12H16BrNOS/c1-2-9(7-13)14-12(15)11-6-8-4-3-5-10(8)16-11/h6,9H,2-5,7H2,1H3,(H,14,15). The minimum Gasteiger partial charge on any atom is -0.348 e. The molecule has 0 aromatic carbocycles. The lowest BCUT2D eigenvalue weighted by atomic mass is 10.2. The minimum absolute atomic E-state index is 0.0886. The molecule has 0 aliphatic heterocycles. The van der Waals surface area contributed by atoms with Crippen LogP contribution in [-0.2, 0) is 12.8 Å². The quantitative estimate of drug-likeness (QED) is 0.851. The predicted molar refractivity (Wildman–Crippen MR) is 71.7 cm³/mol. The molecule has 0 spiro atoms. The summed E-state index contributed by atoms with van der Waals surface area (Å²) in [6.45, 7) is 2.08. The number of aryl methyl sites for hydroxylation is 2. The van der Waals surface area contributed by atoms with E-state index in [2.05, 4.69) is 34.2 Å². The lowest BCUT2D eigenvalue weighted by Gasteiger charge is -2.12. The molecule has 1 aromatic rings. The molecule has 1 heterocycles. The van der Waals surface area contributed by atoms with Gasteiger partial charge in [0.25, 0.3) is 5.91 Å². The summed E-state index contributed by atoms with van der Waals surface area (Å²) in [6, 6.07) is 2.31. The maximum Gasteiger partial charge on any atom is 0.261 e. The van der Waals surface area contributed by atoms with Crippen LogP contribution in [0.4, 0.5) is 0 Å². The van der Waals surface area contributed by atoms with Crippen molar-refractivity contribution in [3.8, 4) is 0 Å². The zero-order chi connectivity index (χ0) is 11.5. The first kappa shape index (κ1) is 12.1. The smallest absolute Gasteiger partial charge is 0.261 e. The fourth-order valence-electron chi connectivity index (χ4n) is 1.95. The summed E-state index contributed by atoms with van der Waals surface area (Å²) in [5.74, 6) is 0.0886. The lowest BCUT2D eigenvalue weighted by Crippen LogP contribution is -2.35. The van der Waals surface area contributed by atoms with Gasteiger partial charge in [-0.25, -0.2) is 0 Å². The second-order valence-electron chi connectivity index (χ2n) is 4.15. The molecule has 1 aromatic heterocycles. The normalized spacial score (nSPS) is 15.9. The van der Waals surface area contributed by atoms with Gasteiger partial charge in [-0.1, -0.05) is 22.9 Å². The van der Waals surface area contributed by atoms with Gasteiger partial charge in [0.1, 0.15) is 0 Å². The average Bonchev–Trinajstić information content (AvgIpc) is 2.85. The molecule has 1 atom stereocenters. The number of carbonyl (C=O) groups excluding carboxylic acids is 1. The van der Waals surface area contributed by atoms with Crippen molar-refractivity contribution in [2.24, 2.45) is 0 Å². The third-order valence-corrected chi connectivity index (χ3v) is 5.00. The molecule has 0 bridgehead atoms. The summed E-state index contributed by atoms with van der Waals surface area (Å²) in [6.07, 6.45) is 4.52. The molecule has 4 heteroatoms. The van der Waals surface area contributed by atoms with E-state index in [1.165, 1.54) is 16.9 Å². The highest BCUT2D eigenvalue weighted by Gasteiger charge is 2.19. The molecule has 88 valence electrons. The molecule has 0 radical (unpaired) electrons. The summed E-state index contributed by atoms with van der Waals surface area (Å²) in [5, 5.41) is 3.87. The first-order chi connectivity index (χ1) is 7.74. The van der Waals surface area contributed by atoms with Gasteiger partial charge in [-0.05, 0) is 37.3 Å². The van der Waals surface area contributed by atoms with Gasteiger partial charge < -0.3 is 5.32 Å². The molecular weight excluding hydrogens is 286 g/mol. The summed E-state index contributed by atoms with van der Waals surface area (Å²) >= 11 is 5.08. The van der Waals surface area contributed by atoms with Gasteiger partial charge in [-0.2, -0.15) is 0 Å². The Hall–Kier alpha value is -0.350. The van der Waals surface area contributed by atoms with Crippen LogP contribution in [0.5, 0.6) is 0 Å². The Morgan fingerprint density at radius 3 is 3.06 bits per heavy atom. The number of hydrogen-bond donors (Lipinski definition) is 1. The number of amides is 1. The maximum atomic E-state index is 12.0. The van der Waals surface area contributed by atoms with Gasteiger partial charge in [0.15, 0.2) is 0 Å². The lowest BCUT2D eigenvalue weighted by molar-refractivity contribution is 0.0944. The summed E-state index contributed by atoms with van der Waals surface area (Å²) in [5.41, 5.74) is 1.39. The van der Waals surface area contributed by atoms with Crippen LogP contribution >= 0.6 is 27.3 Å². The van der Waals surface area contributed by atoms with E-state index < -0.39 is 0 Å². The first-order valence-electron chi connectivity index (χ1n) is 5.73. The van der Waals surface area contributed by atoms with Crippen molar-refractivity contribution in [3.63, 3.8) is 0 Å². The molecule has 0 saturated heterocycles. The van der Waals surface area contributed by atoms with E-state index in [0.717, 1.165) is 29.5 Å². The largest absolute Gasteiger partial charge is 0.348 e.